The van der Waals surface area contributed by atoms with Crippen LogP contribution in [0.1, 0.15) is 39.7 Å². The SMILES string of the molecule is CC(C)NCCOc1cccc(CCC(=O)C(C)C)c1. The van der Waals surface area contributed by atoms with Crippen molar-refractivity contribution in [2.75, 3.05) is 13.2 Å². The molecule has 0 atom stereocenters. The number of aryl methyl sites for hydroxylation is 1. The first-order valence-electron chi connectivity index (χ1n) is 7.47. The first-order chi connectivity index (χ1) is 9.49. The minimum atomic E-state index is 0.122. The van der Waals surface area contributed by atoms with Gasteiger partial charge in [0.2, 0.25) is 0 Å². The summed E-state index contributed by atoms with van der Waals surface area (Å²) in [5.74, 6) is 1.32. The zero-order valence-electron chi connectivity index (χ0n) is 13.1. The third kappa shape index (κ3) is 6.71. The van der Waals surface area contributed by atoms with E-state index in [1.807, 2.05) is 38.1 Å². The number of hydrogen-bond acceptors (Lipinski definition) is 3. The molecule has 1 N–H and O–H groups in total. The highest BCUT2D eigenvalue weighted by molar-refractivity contribution is 5.80. The van der Waals surface area contributed by atoms with E-state index in [4.69, 9.17) is 4.74 Å². The summed E-state index contributed by atoms with van der Waals surface area (Å²) in [4.78, 5) is 11.6. The first kappa shape index (κ1) is 16.7. The van der Waals surface area contributed by atoms with E-state index < -0.39 is 0 Å². The molecule has 0 fully saturated rings. The Morgan fingerprint density at radius 2 is 2.00 bits per heavy atom. The monoisotopic (exact) mass is 277 g/mol. The largest absolute Gasteiger partial charge is 0.492 e. The van der Waals surface area contributed by atoms with E-state index in [1.54, 1.807) is 0 Å². The second-order valence-corrected chi connectivity index (χ2v) is 5.73. The maximum absolute atomic E-state index is 11.6. The Bertz CT molecular complexity index is 413. The molecule has 0 radical (unpaired) electrons. The van der Waals surface area contributed by atoms with Gasteiger partial charge in [0, 0.05) is 24.9 Å². The molecule has 0 saturated heterocycles. The number of ketones is 1. The fourth-order valence-corrected chi connectivity index (χ4v) is 1.86. The molecule has 1 aromatic rings. The van der Waals surface area contributed by atoms with Crippen molar-refractivity contribution in [1.82, 2.24) is 5.32 Å². The summed E-state index contributed by atoms with van der Waals surface area (Å²) in [6.45, 7) is 9.63. The van der Waals surface area contributed by atoms with Crippen LogP contribution in [0.15, 0.2) is 24.3 Å². The minimum absolute atomic E-state index is 0.122. The van der Waals surface area contributed by atoms with Crippen LogP contribution in [0.5, 0.6) is 5.75 Å². The van der Waals surface area contributed by atoms with Crippen molar-refractivity contribution >= 4 is 5.78 Å². The second kappa shape index (κ2) is 8.75. The van der Waals surface area contributed by atoms with Gasteiger partial charge in [-0.3, -0.25) is 4.79 Å². The van der Waals surface area contributed by atoms with Gasteiger partial charge in [0.05, 0.1) is 0 Å². The summed E-state index contributed by atoms with van der Waals surface area (Å²) in [6.07, 6.45) is 1.40. The van der Waals surface area contributed by atoms with Crippen LogP contribution in [-0.4, -0.2) is 25.0 Å². The van der Waals surface area contributed by atoms with Gasteiger partial charge in [-0.1, -0.05) is 39.8 Å². The third-order valence-corrected chi connectivity index (χ3v) is 3.13. The molecule has 0 heterocycles. The zero-order chi connectivity index (χ0) is 15.0. The van der Waals surface area contributed by atoms with Crippen LogP contribution in [0.2, 0.25) is 0 Å². The van der Waals surface area contributed by atoms with Crippen LogP contribution in [-0.2, 0) is 11.2 Å². The quantitative estimate of drug-likeness (QED) is 0.704. The molecule has 0 aliphatic carbocycles. The van der Waals surface area contributed by atoms with E-state index >= 15 is 0 Å². The molecule has 0 aliphatic rings. The summed E-state index contributed by atoms with van der Waals surface area (Å²) < 4.78 is 5.70. The predicted octanol–water partition coefficient (Wildman–Crippen LogP) is 3.22. The Hall–Kier alpha value is -1.35. The number of carbonyl (C=O) groups excluding carboxylic acids is 1. The summed E-state index contributed by atoms with van der Waals surface area (Å²) in [5.41, 5.74) is 1.16. The molecule has 0 aliphatic heterocycles. The summed E-state index contributed by atoms with van der Waals surface area (Å²) >= 11 is 0. The van der Waals surface area contributed by atoms with Crippen molar-refractivity contribution < 1.29 is 9.53 Å². The lowest BCUT2D eigenvalue weighted by atomic mass is 10.0. The molecule has 112 valence electrons. The average Bonchev–Trinajstić information content (AvgIpc) is 2.41. The Labute approximate surface area is 122 Å². The molecule has 0 bridgehead atoms. The lowest BCUT2D eigenvalue weighted by Gasteiger charge is -2.11. The standard InChI is InChI=1S/C17H27NO2/c1-13(2)17(19)9-8-15-6-5-7-16(12-15)20-11-10-18-14(3)4/h5-7,12-14,18H,8-11H2,1-4H3. The molecule has 20 heavy (non-hydrogen) atoms. The maximum Gasteiger partial charge on any atom is 0.135 e. The Kier molecular flexibility index (Phi) is 7.31. The molecule has 1 aromatic carbocycles. The molecule has 0 aromatic heterocycles. The van der Waals surface area contributed by atoms with Crippen molar-refractivity contribution in [3.63, 3.8) is 0 Å². The number of carbonyl (C=O) groups is 1. The Morgan fingerprint density at radius 1 is 1.25 bits per heavy atom. The molecule has 3 nitrogen and oxygen atoms in total. The molecule has 0 spiro atoms. The van der Waals surface area contributed by atoms with E-state index in [9.17, 15) is 4.79 Å². The van der Waals surface area contributed by atoms with Crippen molar-refractivity contribution in [2.45, 2.75) is 46.6 Å². The van der Waals surface area contributed by atoms with Crippen LogP contribution in [0.4, 0.5) is 0 Å². The average molecular weight is 277 g/mol. The highest BCUT2D eigenvalue weighted by atomic mass is 16.5. The van der Waals surface area contributed by atoms with Gasteiger partial charge in [0.15, 0.2) is 0 Å². The van der Waals surface area contributed by atoms with Gasteiger partial charge in [-0.25, -0.2) is 0 Å². The topological polar surface area (TPSA) is 38.3 Å². The third-order valence-electron chi connectivity index (χ3n) is 3.13. The fraction of sp³-hybridized carbons (Fsp3) is 0.588. The first-order valence-corrected chi connectivity index (χ1v) is 7.47. The Balaban J connectivity index is 2.39. The molecule has 1 rings (SSSR count). The smallest absolute Gasteiger partial charge is 0.135 e. The van der Waals surface area contributed by atoms with Crippen LogP contribution in [0.25, 0.3) is 0 Å². The van der Waals surface area contributed by atoms with Crippen LogP contribution in [0.3, 0.4) is 0 Å². The van der Waals surface area contributed by atoms with E-state index in [2.05, 4.69) is 19.2 Å². The van der Waals surface area contributed by atoms with Gasteiger partial charge >= 0.3 is 0 Å². The highest BCUT2D eigenvalue weighted by Gasteiger charge is 2.07. The van der Waals surface area contributed by atoms with Gasteiger partial charge in [0.25, 0.3) is 0 Å². The number of Topliss-reactive ketones (excluding diaryl/α,β-unsaturated/α-hetero) is 1. The number of hydrogen-bond donors (Lipinski definition) is 1. The number of benzene rings is 1. The highest BCUT2D eigenvalue weighted by Crippen LogP contribution is 2.15. The summed E-state index contributed by atoms with van der Waals surface area (Å²) in [5, 5.41) is 3.31. The summed E-state index contributed by atoms with van der Waals surface area (Å²) in [7, 11) is 0. The van der Waals surface area contributed by atoms with Gasteiger partial charge in [-0.05, 0) is 24.1 Å². The number of nitrogens with one attached hydrogen (secondary N) is 1. The second-order valence-electron chi connectivity index (χ2n) is 5.73. The van der Waals surface area contributed by atoms with Crippen molar-refractivity contribution in [3.05, 3.63) is 29.8 Å². The van der Waals surface area contributed by atoms with Crippen LogP contribution in [0, 0.1) is 5.92 Å². The van der Waals surface area contributed by atoms with Gasteiger partial charge < -0.3 is 10.1 Å². The van der Waals surface area contributed by atoms with Crippen molar-refractivity contribution in [2.24, 2.45) is 5.92 Å². The number of ether oxygens (including phenoxy) is 1. The van der Waals surface area contributed by atoms with Gasteiger partial charge in [-0.15, -0.1) is 0 Å². The van der Waals surface area contributed by atoms with E-state index in [-0.39, 0.29) is 5.92 Å². The van der Waals surface area contributed by atoms with E-state index in [0.717, 1.165) is 24.3 Å². The molecular formula is C17H27NO2. The fourth-order valence-electron chi connectivity index (χ4n) is 1.86. The van der Waals surface area contributed by atoms with Crippen LogP contribution < -0.4 is 10.1 Å². The molecule has 0 saturated carbocycles. The van der Waals surface area contributed by atoms with Gasteiger partial charge in [-0.2, -0.15) is 0 Å². The van der Waals surface area contributed by atoms with Crippen molar-refractivity contribution in [1.29, 1.82) is 0 Å². The van der Waals surface area contributed by atoms with Crippen LogP contribution >= 0.6 is 0 Å². The zero-order valence-corrected chi connectivity index (χ0v) is 13.1. The lowest BCUT2D eigenvalue weighted by molar-refractivity contribution is -0.121. The Morgan fingerprint density at radius 3 is 2.65 bits per heavy atom. The molecule has 0 amide bonds. The lowest BCUT2D eigenvalue weighted by Crippen LogP contribution is -2.27. The van der Waals surface area contributed by atoms with Gasteiger partial charge in [0.1, 0.15) is 18.1 Å². The predicted molar refractivity (Wildman–Crippen MR) is 83.2 cm³/mol. The molecule has 0 unspecified atom stereocenters. The molecular weight excluding hydrogens is 250 g/mol. The maximum atomic E-state index is 11.6. The van der Waals surface area contributed by atoms with E-state index in [0.29, 0.717) is 24.9 Å². The summed E-state index contributed by atoms with van der Waals surface area (Å²) in [6, 6.07) is 8.51. The molecule has 3 heteroatoms. The van der Waals surface area contributed by atoms with E-state index in [1.165, 1.54) is 0 Å². The van der Waals surface area contributed by atoms with Crippen molar-refractivity contribution in [3.8, 4) is 5.75 Å². The minimum Gasteiger partial charge on any atom is -0.492 e. The normalized spacial score (nSPS) is 11.1. The number of rotatable bonds is 9.